The van der Waals surface area contributed by atoms with Crippen molar-refractivity contribution >= 4 is 22.7 Å². The van der Waals surface area contributed by atoms with E-state index in [1.54, 1.807) is 0 Å². The van der Waals surface area contributed by atoms with Gasteiger partial charge in [-0.2, -0.15) is 0 Å². The minimum absolute atomic E-state index is 0.482. The van der Waals surface area contributed by atoms with Gasteiger partial charge >= 0.3 is 12.2 Å². The van der Waals surface area contributed by atoms with Crippen LogP contribution >= 0.6 is 11.6 Å². The molecule has 0 aliphatic carbocycles. The number of rotatable bonds is 4. The SMILES string of the molecule is COc1cnc([N+](=O)[O-])c(OC(F)(F)F)c1C(=O)Cl. The number of alkyl halides is 3. The Bertz CT molecular complexity index is 534. The summed E-state index contributed by atoms with van der Waals surface area (Å²) in [6, 6.07) is 0. The van der Waals surface area contributed by atoms with Crippen molar-refractivity contribution in [2.24, 2.45) is 0 Å². The van der Waals surface area contributed by atoms with E-state index in [0.29, 0.717) is 6.20 Å². The number of carbonyl (C=O) groups excluding carboxylic acids is 1. The Labute approximate surface area is 108 Å². The van der Waals surface area contributed by atoms with Crippen LogP contribution in [-0.4, -0.2) is 28.6 Å². The van der Waals surface area contributed by atoms with Gasteiger partial charge in [0.2, 0.25) is 5.75 Å². The molecule has 0 bridgehead atoms. The van der Waals surface area contributed by atoms with E-state index >= 15 is 0 Å². The van der Waals surface area contributed by atoms with Crippen LogP contribution in [0.15, 0.2) is 6.20 Å². The Balaban J connectivity index is 3.58. The Morgan fingerprint density at radius 2 is 2.11 bits per heavy atom. The van der Waals surface area contributed by atoms with Crippen molar-refractivity contribution in [3.63, 3.8) is 0 Å². The summed E-state index contributed by atoms with van der Waals surface area (Å²) in [4.78, 5) is 23.5. The largest absolute Gasteiger partial charge is 0.573 e. The van der Waals surface area contributed by atoms with E-state index in [4.69, 9.17) is 11.6 Å². The lowest BCUT2D eigenvalue weighted by Gasteiger charge is -2.12. The van der Waals surface area contributed by atoms with Gasteiger partial charge in [0.05, 0.1) is 7.11 Å². The monoisotopic (exact) mass is 300 g/mol. The van der Waals surface area contributed by atoms with Crippen LogP contribution in [0.3, 0.4) is 0 Å². The Morgan fingerprint density at radius 1 is 1.53 bits per heavy atom. The average Bonchev–Trinajstić information content (AvgIpc) is 2.25. The topological polar surface area (TPSA) is 91.6 Å². The highest BCUT2D eigenvalue weighted by Gasteiger charge is 2.39. The van der Waals surface area contributed by atoms with Gasteiger partial charge in [-0.25, -0.2) is 0 Å². The molecule has 104 valence electrons. The first-order valence-electron chi connectivity index (χ1n) is 4.34. The van der Waals surface area contributed by atoms with Crippen molar-refractivity contribution < 1.29 is 32.4 Å². The van der Waals surface area contributed by atoms with E-state index in [-0.39, 0.29) is 0 Å². The van der Waals surface area contributed by atoms with Gasteiger partial charge in [0.15, 0.2) is 11.9 Å². The fraction of sp³-hybridized carbons (Fsp3) is 0.250. The predicted octanol–water partition coefficient (Wildman–Crippen LogP) is 2.28. The highest BCUT2D eigenvalue weighted by atomic mass is 35.5. The minimum atomic E-state index is -5.26. The predicted molar refractivity (Wildman–Crippen MR) is 54.3 cm³/mol. The molecule has 0 saturated heterocycles. The van der Waals surface area contributed by atoms with E-state index in [9.17, 15) is 28.1 Å². The molecule has 1 aromatic heterocycles. The lowest BCUT2D eigenvalue weighted by atomic mass is 10.2. The molecule has 7 nitrogen and oxygen atoms in total. The molecule has 1 rings (SSSR count). The summed E-state index contributed by atoms with van der Waals surface area (Å²) in [7, 11) is 1.02. The van der Waals surface area contributed by atoms with Crippen LogP contribution in [0.2, 0.25) is 0 Å². The molecule has 0 saturated carbocycles. The van der Waals surface area contributed by atoms with Crippen LogP contribution in [0.25, 0.3) is 0 Å². The first kappa shape index (κ1) is 15.0. The van der Waals surface area contributed by atoms with E-state index in [2.05, 4.69) is 14.5 Å². The molecule has 0 radical (unpaired) electrons. The molecule has 0 fully saturated rings. The van der Waals surface area contributed by atoms with E-state index in [0.717, 1.165) is 7.11 Å². The molecule has 1 aromatic rings. The zero-order chi connectivity index (χ0) is 14.8. The lowest BCUT2D eigenvalue weighted by molar-refractivity contribution is -0.393. The van der Waals surface area contributed by atoms with E-state index in [1.807, 2.05) is 0 Å². The summed E-state index contributed by atoms with van der Waals surface area (Å²) in [5, 5.41) is 9.17. The maximum Gasteiger partial charge on any atom is 0.573 e. The summed E-state index contributed by atoms with van der Waals surface area (Å²) in [6.07, 6.45) is -4.57. The molecule has 0 aliphatic heterocycles. The number of hydrogen-bond donors (Lipinski definition) is 0. The summed E-state index contributed by atoms with van der Waals surface area (Å²) < 4.78 is 44.6. The molecule has 0 aliphatic rings. The zero-order valence-corrected chi connectivity index (χ0v) is 9.78. The van der Waals surface area contributed by atoms with Gasteiger partial charge in [-0.1, -0.05) is 0 Å². The van der Waals surface area contributed by atoms with Crippen molar-refractivity contribution in [3.8, 4) is 11.5 Å². The smallest absolute Gasteiger partial charge is 0.492 e. The number of aromatic nitrogens is 1. The Morgan fingerprint density at radius 3 is 2.47 bits per heavy atom. The van der Waals surface area contributed by atoms with Crippen LogP contribution in [0.1, 0.15) is 10.4 Å². The van der Waals surface area contributed by atoms with Gasteiger partial charge in [0.25, 0.3) is 5.24 Å². The fourth-order valence-corrected chi connectivity index (χ4v) is 1.33. The maximum absolute atomic E-state index is 12.2. The van der Waals surface area contributed by atoms with Gasteiger partial charge in [-0.3, -0.25) is 4.79 Å². The lowest BCUT2D eigenvalue weighted by Crippen LogP contribution is -2.20. The second-order valence-corrected chi connectivity index (χ2v) is 3.28. The molecule has 0 unspecified atom stereocenters. The fourth-order valence-electron chi connectivity index (χ4n) is 1.15. The number of carbonyl (C=O) groups is 1. The Hall–Kier alpha value is -2.10. The third kappa shape index (κ3) is 3.44. The van der Waals surface area contributed by atoms with Gasteiger partial charge in [0, 0.05) is 0 Å². The van der Waals surface area contributed by atoms with Gasteiger partial charge in [-0.05, 0) is 21.5 Å². The van der Waals surface area contributed by atoms with Crippen molar-refractivity contribution in [1.29, 1.82) is 0 Å². The third-order valence-corrected chi connectivity index (χ3v) is 1.98. The number of hydrogen-bond acceptors (Lipinski definition) is 6. The van der Waals surface area contributed by atoms with Crippen LogP contribution in [0.4, 0.5) is 19.0 Å². The summed E-state index contributed by atoms with van der Waals surface area (Å²) in [6.45, 7) is 0. The molecule has 0 atom stereocenters. The number of methoxy groups -OCH3 is 1. The first-order chi connectivity index (χ1) is 8.67. The van der Waals surface area contributed by atoms with Crippen molar-refractivity contribution in [2.45, 2.75) is 6.36 Å². The van der Waals surface area contributed by atoms with Crippen molar-refractivity contribution in [3.05, 3.63) is 21.9 Å². The average molecular weight is 301 g/mol. The third-order valence-electron chi connectivity index (χ3n) is 1.79. The quantitative estimate of drug-likeness (QED) is 0.481. The van der Waals surface area contributed by atoms with Crippen LogP contribution in [0, 0.1) is 10.1 Å². The molecular formula is C8H4ClF3N2O5. The number of ether oxygens (including phenoxy) is 2. The molecule has 11 heteroatoms. The molecule has 0 N–H and O–H groups in total. The van der Waals surface area contributed by atoms with Gasteiger partial charge < -0.3 is 19.6 Å². The number of nitro groups is 1. The number of halogens is 4. The normalized spacial score (nSPS) is 11.0. The van der Waals surface area contributed by atoms with Crippen molar-refractivity contribution in [2.75, 3.05) is 7.11 Å². The summed E-state index contributed by atoms with van der Waals surface area (Å²) in [5.41, 5.74) is -0.928. The summed E-state index contributed by atoms with van der Waals surface area (Å²) >= 11 is 5.08. The molecule has 0 spiro atoms. The highest BCUT2D eigenvalue weighted by molar-refractivity contribution is 6.68. The zero-order valence-electron chi connectivity index (χ0n) is 9.02. The highest BCUT2D eigenvalue weighted by Crippen LogP contribution is 2.39. The number of pyridine rings is 1. The van der Waals surface area contributed by atoms with E-state index in [1.165, 1.54) is 0 Å². The first-order valence-corrected chi connectivity index (χ1v) is 4.72. The summed E-state index contributed by atoms with van der Waals surface area (Å²) in [5.74, 6) is -3.20. The molecule has 0 amide bonds. The van der Waals surface area contributed by atoms with Crippen molar-refractivity contribution in [1.82, 2.24) is 4.98 Å². The number of nitrogens with zero attached hydrogens (tertiary/aromatic N) is 2. The second kappa shape index (κ2) is 5.26. The molecule has 19 heavy (non-hydrogen) atoms. The van der Waals surface area contributed by atoms with Gasteiger partial charge in [-0.15, -0.1) is 13.2 Å². The molecular weight excluding hydrogens is 297 g/mol. The standard InChI is InChI=1S/C8H4ClF3N2O5/c1-18-3-2-13-7(14(16)17)5(4(3)6(9)15)19-8(10,11)12/h2H,1H3. The molecule has 1 heterocycles. The van der Waals surface area contributed by atoms with Crippen LogP contribution in [-0.2, 0) is 0 Å². The van der Waals surface area contributed by atoms with Crippen LogP contribution < -0.4 is 9.47 Å². The van der Waals surface area contributed by atoms with Crippen LogP contribution in [0.5, 0.6) is 11.5 Å². The molecule has 0 aromatic carbocycles. The second-order valence-electron chi connectivity index (χ2n) is 2.93. The van der Waals surface area contributed by atoms with E-state index < -0.39 is 39.4 Å². The van der Waals surface area contributed by atoms with Gasteiger partial charge in [0.1, 0.15) is 5.56 Å². The maximum atomic E-state index is 12.2. The minimum Gasteiger partial charge on any atom is -0.492 e. The Kier molecular flexibility index (Phi) is 4.14.